The van der Waals surface area contributed by atoms with Gasteiger partial charge in [0.05, 0.1) is 11.3 Å². The Hall–Kier alpha value is -3.51. The SMILES string of the molecule is C=C(/C=C\C(C(C)F)n1nc(C(=O)N(C)C2CCCN(C)C2)cc1-c1ccc(C#N)c(F)c1)N1CCCC1. The van der Waals surface area contributed by atoms with E-state index in [2.05, 4.69) is 21.5 Å². The number of piperidine rings is 1. The van der Waals surface area contributed by atoms with Gasteiger partial charge in [-0.2, -0.15) is 10.4 Å². The number of hydrogen-bond acceptors (Lipinski definition) is 5. The van der Waals surface area contributed by atoms with Gasteiger partial charge in [0.1, 0.15) is 24.1 Å². The number of likely N-dealkylation sites (N-methyl/N-ethyl adjacent to an activating group) is 2. The number of likely N-dealkylation sites (tertiary alicyclic amines) is 2. The summed E-state index contributed by atoms with van der Waals surface area (Å²) in [4.78, 5) is 19.6. The molecular formula is C29H36F2N6O. The van der Waals surface area contributed by atoms with E-state index < -0.39 is 18.0 Å². The molecule has 2 aromatic rings. The van der Waals surface area contributed by atoms with Gasteiger partial charge in [-0.05, 0) is 70.5 Å². The second-order valence-corrected chi connectivity index (χ2v) is 10.4. The first kappa shape index (κ1) is 27.5. The van der Waals surface area contributed by atoms with E-state index in [1.165, 1.54) is 23.7 Å². The van der Waals surface area contributed by atoms with E-state index in [0.29, 0.717) is 11.3 Å². The van der Waals surface area contributed by atoms with Crippen LogP contribution in [0.3, 0.4) is 0 Å². The first-order valence-corrected chi connectivity index (χ1v) is 13.2. The first-order valence-electron chi connectivity index (χ1n) is 13.2. The Labute approximate surface area is 223 Å². The molecule has 2 aliphatic rings. The highest BCUT2D eigenvalue weighted by Crippen LogP contribution is 2.30. The lowest BCUT2D eigenvalue weighted by atomic mass is 10.0. The number of amides is 1. The third-order valence-electron chi connectivity index (χ3n) is 7.56. The number of carbonyl (C=O) groups is 1. The van der Waals surface area contributed by atoms with Gasteiger partial charge in [-0.25, -0.2) is 8.78 Å². The van der Waals surface area contributed by atoms with E-state index in [-0.39, 0.29) is 23.2 Å². The van der Waals surface area contributed by atoms with Crippen LogP contribution in [0.15, 0.2) is 48.7 Å². The van der Waals surface area contributed by atoms with Crippen molar-refractivity contribution in [2.24, 2.45) is 0 Å². The van der Waals surface area contributed by atoms with Gasteiger partial charge in [0, 0.05) is 44.0 Å². The van der Waals surface area contributed by atoms with Gasteiger partial charge in [-0.1, -0.05) is 18.7 Å². The van der Waals surface area contributed by atoms with Crippen LogP contribution in [0.25, 0.3) is 11.3 Å². The molecule has 3 unspecified atom stereocenters. The molecule has 3 atom stereocenters. The Morgan fingerprint density at radius 1 is 1.26 bits per heavy atom. The second kappa shape index (κ2) is 11.9. The van der Waals surface area contributed by atoms with Gasteiger partial charge in [0.25, 0.3) is 5.91 Å². The van der Waals surface area contributed by atoms with Crippen LogP contribution < -0.4 is 0 Å². The third-order valence-corrected chi connectivity index (χ3v) is 7.56. The standard InChI is InChI=1S/C29H36F2N6O/c1-20(36-14-5-6-15-36)9-12-27(21(2)30)37-28(22-10-11-23(18-32)25(31)16-22)17-26(33-37)29(38)35(4)24-8-7-13-34(3)19-24/h9-12,16-17,21,24,27H,1,5-8,13-15,19H2,2-4H3/b12-9-. The average Bonchev–Trinajstić information content (AvgIpc) is 3.59. The van der Waals surface area contributed by atoms with Gasteiger partial charge < -0.3 is 14.7 Å². The molecule has 0 saturated carbocycles. The molecule has 0 N–H and O–H groups in total. The van der Waals surface area contributed by atoms with Crippen LogP contribution in [0.1, 0.15) is 54.7 Å². The Morgan fingerprint density at radius 3 is 2.63 bits per heavy atom. The van der Waals surface area contributed by atoms with Crippen molar-refractivity contribution in [1.29, 1.82) is 5.26 Å². The summed E-state index contributed by atoms with van der Waals surface area (Å²) in [5.74, 6) is -0.953. The predicted molar refractivity (Wildman–Crippen MR) is 144 cm³/mol. The van der Waals surface area contributed by atoms with Crippen molar-refractivity contribution in [2.75, 3.05) is 40.3 Å². The summed E-state index contributed by atoms with van der Waals surface area (Å²) >= 11 is 0. The smallest absolute Gasteiger partial charge is 0.274 e. The van der Waals surface area contributed by atoms with Crippen molar-refractivity contribution in [3.05, 3.63) is 65.8 Å². The summed E-state index contributed by atoms with van der Waals surface area (Å²) in [5, 5.41) is 13.7. The molecule has 202 valence electrons. The molecule has 2 fully saturated rings. The molecule has 0 aliphatic carbocycles. The van der Waals surface area contributed by atoms with E-state index in [9.17, 15) is 9.18 Å². The molecule has 0 radical (unpaired) electrons. The molecule has 0 spiro atoms. The highest BCUT2D eigenvalue weighted by Gasteiger charge is 2.29. The summed E-state index contributed by atoms with van der Waals surface area (Å²) in [7, 11) is 3.80. The molecule has 9 heteroatoms. The zero-order chi connectivity index (χ0) is 27.4. The van der Waals surface area contributed by atoms with E-state index in [1.807, 2.05) is 13.1 Å². The zero-order valence-electron chi connectivity index (χ0n) is 22.4. The number of hydrogen-bond donors (Lipinski definition) is 0. The van der Waals surface area contributed by atoms with Crippen LogP contribution in [-0.4, -0.2) is 82.9 Å². The number of rotatable bonds is 8. The number of carbonyl (C=O) groups excluding carboxylic acids is 1. The van der Waals surface area contributed by atoms with E-state index >= 15 is 4.39 Å². The molecule has 3 heterocycles. The van der Waals surface area contributed by atoms with Gasteiger partial charge in [-0.15, -0.1) is 0 Å². The lowest BCUT2D eigenvalue weighted by Gasteiger charge is -2.35. The average molecular weight is 523 g/mol. The van der Waals surface area contributed by atoms with Crippen molar-refractivity contribution in [3.63, 3.8) is 0 Å². The number of allylic oxidation sites excluding steroid dienone is 2. The quantitative estimate of drug-likeness (QED) is 0.467. The van der Waals surface area contributed by atoms with Crippen LogP contribution in [-0.2, 0) is 0 Å². The van der Waals surface area contributed by atoms with Crippen LogP contribution in [0.5, 0.6) is 0 Å². The highest BCUT2D eigenvalue weighted by atomic mass is 19.1. The lowest BCUT2D eigenvalue weighted by Crippen LogP contribution is -2.47. The van der Waals surface area contributed by atoms with E-state index in [4.69, 9.17) is 5.26 Å². The zero-order valence-corrected chi connectivity index (χ0v) is 22.4. The van der Waals surface area contributed by atoms with Gasteiger partial charge >= 0.3 is 0 Å². The summed E-state index contributed by atoms with van der Waals surface area (Å²) < 4.78 is 31.1. The summed E-state index contributed by atoms with van der Waals surface area (Å²) in [5.41, 5.74) is 1.68. The van der Waals surface area contributed by atoms with E-state index in [0.717, 1.165) is 57.6 Å². The molecule has 7 nitrogen and oxygen atoms in total. The van der Waals surface area contributed by atoms with E-state index in [1.54, 1.807) is 36.2 Å². The maximum Gasteiger partial charge on any atom is 0.274 e. The maximum absolute atomic E-state index is 15.1. The molecule has 1 aromatic heterocycles. The molecule has 2 saturated heterocycles. The summed E-state index contributed by atoms with van der Waals surface area (Å²) in [6.07, 6.45) is 6.23. The number of nitrogens with zero attached hydrogens (tertiary/aromatic N) is 6. The van der Waals surface area contributed by atoms with Crippen LogP contribution in [0.2, 0.25) is 0 Å². The second-order valence-electron chi connectivity index (χ2n) is 10.4. The largest absolute Gasteiger partial charge is 0.372 e. The van der Waals surface area contributed by atoms with Crippen LogP contribution in [0.4, 0.5) is 8.78 Å². The van der Waals surface area contributed by atoms with Gasteiger partial charge in [0.15, 0.2) is 5.69 Å². The number of benzene rings is 1. The topological polar surface area (TPSA) is 68.4 Å². The lowest BCUT2D eigenvalue weighted by molar-refractivity contribution is 0.0636. The fourth-order valence-corrected chi connectivity index (χ4v) is 5.26. The molecule has 0 bridgehead atoms. The fraction of sp³-hybridized carbons (Fsp3) is 0.483. The van der Waals surface area contributed by atoms with Crippen LogP contribution >= 0.6 is 0 Å². The molecule has 2 aliphatic heterocycles. The summed E-state index contributed by atoms with van der Waals surface area (Å²) in [6.45, 7) is 9.15. The molecule has 1 amide bonds. The van der Waals surface area contributed by atoms with Crippen molar-refractivity contribution in [3.8, 4) is 17.3 Å². The number of aromatic nitrogens is 2. The van der Waals surface area contributed by atoms with Crippen molar-refractivity contribution >= 4 is 5.91 Å². The molecule has 4 rings (SSSR count). The Kier molecular flexibility index (Phi) is 8.62. The molecular weight excluding hydrogens is 486 g/mol. The molecule has 1 aromatic carbocycles. The fourth-order valence-electron chi connectivity index (χ4n) is 5.26. The monoisotopic (exact) mass is 522 g/mol. The minimum atomic E-state index is -1.35. The normalized spacial score (nSPS) is 19.9. The predicted octanol–water partition coefficient (Wildman–Crippen LogP) is 4.79. The van der Waals surface area contributed by atoms with Crippen molar-refractivity contribution in [2.45, 2.75) is 50.9 Å². The Bertz CT molecular complexity index is 1240. The number of alkyl halides is 1. The Morgan fingerprint density at radius 2 is 2.00 bits per heavy atom. The Balaban J connectivity index is 1.72. The first-order chi connectivity index (χ1) is 18.2. The minimum absolute atomic E-state index is 0.0433. The van der Waals surface area contributed by atoms with Gasteiger partial charge in [-0.3, -0.25) is 9.48 Å². The van der Waals surface area contributed by atoms with Gasteiger partial charge in [0.2, 0.25) is 0 Å². The maximum atomic E-state index is 15.1. The third kappa shape index (κ3) is 5.97. The molecule has 38 heavy (non-hydrogen) atoms. The van der Waals surface area contributed by atoms with Crippen molar-refractivity contribution in [1.82, 2.24) is 24.5 Å². The summed E-state index contributed by atoms with van der Waals surface area (Å²) in [6, 6.07) is 6.80. The highest BCUT2D eigenvalue weighted by molar-refractivity contribution is 5.93. The van der Waals surface area contributed by atoms with Crippen LogP contribution in [0, 0.1) is 17.1 Å². The minimum Gasteiger partial charge on any atom is -0.372 e. The number of halogens is 2. The number of nitriles is 1. The van der Waals surface area contributed by atoms with Crippen molar-refractivity contribution < 1.29 is 13.6 Å².